The van der Waals surface area contributed by atoms with Gasteiger partial charge in [0.1, 0.15) is 17.2 Å². The van der Waals surface area contributed by atoms with Crippen molar-refractivity contribution in [1.29, 1.82) is 0 Å². The molecule has 0 aliphatic rings. The summed E-state index contributed by atoms with van der Waals surface area (Å²) in [6.45, 7) is -1.37. The molecule has 0 aliphatic heterocycles. The van der Waals surface area contributed by atoms with Crippen LogP contribution in [0.2, 0.25) is 0 Å². The molecule has 0 atom stereocenters. The standard InChI is InChI=1S/C21H16F3NO4/c22-21(23,24)14-27-15-10-12-17(13-11-15)28-19-9-5-4-8-18(19)25-20(26)29-16-6-2-1-3-7-16/h1-13H,14H2,(H,25,26). The van der Waals surface area contributed by atoms with Gasteiger partial charge < -0.3 is 14.2 Å². The molecule has 0 saturated heterocycles. The van der Waals surface area contributed by atoms with E-state index >= 15 is 0 Å². The number of carbonyl (C=O) groups is 1. The third-order valence-corrected chi connectivity index (χ3v) is 3.53. The second-order valence-corrected chi connectivity index (χ2v) is 5.80. The third kappa shape index (κ3) is 6.46. The first kappa shape index (κ1) is 20.1. The van der Waals surface area contributed by atoms with E-state index < -0.39 is 18.9 Å². The molecule has 150 valence electrons. The molecule has 0 spiro atoms. The fourth-order valence-corrected chi connectivity index (χ4v) is 2.29. The molecule has 3 aromatic carbocycles. The van der Waals surface area contributed by atoms with E-state index in [2.05, 4.69) is 10.1 Å². The van der Waals surface area contributed by atoms with E-state index in [0.717, 1.165) is 0 Å². The Balaban J connectivity index is 1.63. The lowest BCUT2D eigenvalue weighted by Crippen LogP contribution is -2.19. The molecule has 1 N–H and O–H groups in total. The number of hydrogen-bond acceptors (Lipinski definition) is 4. The highest BCUT2D eigenvalue weighted by Crippen LogP contribution is 2.30. The van der Waals surface area contributed by atoms with Crippen molar-refractivity contribution >= 4 is 11.8 Å². The van der Waals surface area contributed by atoms with Gasteiger partial charge in [-0.05, 0) is 48.5 Å². The summed E-state index contributed by atoms with van der Waals surface area (Å²) in [7, 11) is 0. The quantitative estimate of drug-likeness (QED) is 0.546. The molecule has 8 heteroatoms. The summed E-state index contributed by atoms with van der Waals surface area (Å²) in [6, 6.07) is 20.9. The summed E-state index contributed by atoms with van der Waals surface area (Å²) in [5.74, 6) is 1.14. The fourth-order valence-electron chi connectivity index (χ4n) is 2.29. The van der Waals surface area contributed by atoms with Crippen molar-refractivity contribution in [2.45, 2.75) is 6.18 Å². The zero-order valence-electron chi connectivity index (χ0n) is 15.0. The lowest BCUT2D eigenvalue weighted by Gasteiger charge is -2.13. The maximum absolute atomic E-state index is 12.2. The molecule has 0 aliphatic carbocycles. The molecule has 3 aromatic rings. The predicted octanol–water partition coefficient (Wildman–Crippen LogP) is 6.03. The molecule has 3 rings (SSSR count). The van der Waals surface area contributed by atoms with Crippen LogP contribution in [0.25, 0.3) is 0 Å². The summed E-state index contributed by atoms with van der Waals surface area (Å²) in [5, 5.41) is 2.59. The van der Waals surface area contributed by atoms with Crippen molar-refractivity contribution in [3.8, 4) is 23.0 Å². The first-order valence-corrected chi connectivity index (χ1v) is 8.49. The number of halogens is 3. The van der Waals surface area contributed by atoms with Crippen LogP contribution < -0.4 is 19.5 Å². The SMILES string of the molecule is O=C(Nc1ccccc1Oc1ccc(OCC(F)(F)F)cc1)Oc1ccccc1. The molecule has 29 heavy (non-hydrogen) atoms. The van der Waals surface area contributed by atoms with Gasteiger partial charge in [0, 0.05) is 0 Å². The molecule has 1 amide bonds. The molecule has 0 aromatic heterocycles. The highest BCUT2D eigenvalue weighted by molar-refractivity contribution is 5.88. The predicted molar refractivity (Wildman–Crippen MR) is 101 cm³/mol. The van der Waals surface area contributed by atoms with E-state index in [-0.39, 0.29) is 5.75 Å². The minimum atomic E-state index is -4.41. The fraction of sp³-hybridized carbons (Fsp3) is 0.0952. The average molecular weight is 403 g/mol. The Morgan fingerprint density at radius 3 is 2.10 bits per heavy atom. The molecule has 5 nitrogen and oxygen atoms in total. The zero-order chi connectivity index (χ0) is 20.7. The van der Waals surface area contributed by atoms with Gasteiger partial charge in [-0.25, -0.2) is 4.79 Å². The Labute approximate surface area is 164 Å². The summed E-state index contributed by atoms with van der Waals surface area (Å²) >= 11 is 0. The number of alkyl halides is 3. The highest BCUT2D eigenvalue weighted by atomic mass is 19.4. The summed E-state index contributed by atoms with van der Waals surface area (Å²) in [4.78, 5) is 12.1. The van der Waals surface area contributed by atoms with Crippen LogP contribution in [0.5, 0.6) is 23.0 Å². The maximum atomic E-state index is 12.2. The minimum Gasteiger partial charge on any atom is -0.484 e. The Bertz CT molecular complexity index is 944. The number of rotatable bonds is 6. The van der Waals surface area contributed by atoms with Gasteiger partial charge in [-0.15, -0.1) is 0 Å². The first-order valence-electron chi connectivity index (χ1n) is 8.49. The number of nitrogens with one attached hydrogen (secondary N) is 1. The molecule has 0 saturated carbocycles. The molecule has 0 fully saturated rings. The van der Waals surface area contributed by atoms with Crippen LogP contribution in [-0.2, 0) is 0 Å². The maximum Gasteiger partial charge on any atom is 0.422 e. The van der Waals surface area contributed by atoms with Crippen LogP contribution >= 0.6 is 0 Å². The van der Waals surface area contributed by atoms with Crippen LogP contribution in [0.4, 0.5) is 23.7 Å². The Morgan fingerprint density at radius 2 is 1.41 bits per heavy atom. The normalized spacial score (nSPS) is 10.9. The first-order chi connectivity index (χ1) is 13.9. The summed E-state index contributed by atoms with van der Waals surface area (Å²) in [6.07, 6.45) is -5.10. The Morgan fingerprint density at radius 1 is 0.793 bits per heavy atom. The lowest BCUT2D eigenvalue weighted by atomic mass is 10.3. The number of ether oxygens (including phenoxy) is 3. The van der Waals surface area contributed by atoms with Crippen molar-refractivity contribution in [3.63, 3.8) is 0 Å². The van der Waals surface area contributed by atoms with E-state index in [0.29, 0.717) is 22.9 Å². The van der Waals surface area contributed by atoms with Crippen LogP contribution in [0.3, 0.4) is 0 Å². The molecular formula is C21H16F3NO4. The lowest BCUT2D eigenvalue weighted by molar-refractivity contribution is -0.153. The number of hydrogen-bond donors (Lipinski definition) is 1. The van der Waals surface area contributed by atoms with Gasteiger partial charge in [-0.3, -0.25) is 5.32 Å². The monoisotopic (exact) mass is 403 g/mol. The van der Waals surface area contributed by atoms with Crippen LogP contribution in [-0.4, -0.2) is 18.9 Å². The average Bonchev–Trinajstić information content (AvgIpc) is 2.69. The third-order valence-electron chi connectivity index (χ3n) is 3.53. The number of anilines is 1. The van der Waals surface area contributed by atoms with Gasteiger partial charge in [0.05, 0.1) is 5.69 Å². The number of para-hydroxylation sites is 3. The highest BCUT2D eigenvalue weighted by Gasteiger charge is 2.28. The Kier molecular flexibility index (Phi) is 6.23. The summed E-state index contributed by atoms with van der Waals surface area (Å²) < 4.78 is 52.1. The summed E-state index contributed by atoms with van der Waals surface area (Å²) in [5.41, 5.74) is 0.367. The Hall–Kier alpha value is -3.68. The second kappa shape index (κ2) is 9.01. The molecule has 0 unspecified atom stereocenters. The van der Waals surface area contributed by atoms with Crippen LogP contribution in [0.15, 0.2) is 78.9 Å². The van der Waals surface area contributed by atoms with Gasteiger partial charge in [0.25, 0.3) is 0 Å². The van der Waals surface area contributed by atoms with Crippen LogP contribution in [0.1, 0.15) is 0 Å². The van der Waals surface area contributed by atoms with E-state index in [4.69, 9.17) is 9.47 Å². The van der Waals surface area contributed by atoms with Gasteiger partial charge in [-0.1, -0.05) is 30.3 Å². The number of carbonyl (C=O) groups excluding carboxylic acids is 1. The minimum absolute atomic E-state index is 0.0625. The van der Waals surface area contributed by atoms with Crippen molar-refractivity contribution in [1.82, 2.24) is 0 Å². The zero-order valence-corrected chi connectivity index (χ0v) is 15.0. The van der Waals surface area contributed by atoms with Gasteiger partial charge in [0.15, 0.2) is 12.4 Å². The van der Waals surface area contributed by atoms with Crippen molar-refractivity contribution < 1.29 is 32.2 Å². The number of amides is 1. The molecule has 0 radical (unpaired) electrons. The topological polar surface area (TPSA) is 56.8 Å². The van der Waals surface area contributed by atoms with E-state index in [1.807, 2.05) is 0 Å². The molecular weight excluding hydrogens is 387 g/mol. The number of benzene rings is 3. The second-order valence-electron chi connectivity index (χ2n) is 5.80. The molecule has 0 heterocycles. The van der Waals surface area contributed by atoms with Gasteiger partial charge in [0.2, 0.25) is 0 Å². The van der Waals surface area contributed by atoms with Crippen molar-refractivity contribution in [2.75, 3.05) is 11.9 Å². The van der Waals surface area contributed by atoms with Crippen molar-refractivity contribution in [2.24, 2.45) is 0 Å². The molecule has 0 bridgehead atoms. The smallest absolute Gasteiger partial charge is 0.422 e. The van der Waals surface area contributed by atoms with E-state index in [9.17, 15) is 18.0 Å². The van der Waals surface area contributed by atoms with Crippen LogP contribution in [0, 0.1) is 0 Å². The van der Waals surface area contributed by atoms with E-state index in [1.54, 1.807) is 54.6 Å². The van der Waals surface area contributed by atoms with E-state index in [1.165, 1.54) is 24.3 Å². The van der Waals surface area contributed by atoms with Crippen molar-refractivity contribution in [3.05, 3.63) is 78.9 Å². The van der Waals surface area contributed by atoms with Gasteiger partial charge >= 0.3 is 12.3 Å². The van der Waals surface area contributed by atoms with Gasteiger partial charge in [-0.2, -0.15) is 13.2 Å². The largest absolute Gasteiger partial charge is 0.484 e.